The second-order valence-electron chi connectivity index (χ2n) is 5.32. The Labute approximate surface area is 133 Å². The van der Waals surface area contributed by atoms with Crippen LogP contribution in [0.25, 0.3) is 10.9 Å². The number of carbonyl (C=O) groups is 2. The van der Waals surface area contributed by atoms with Gasteiger partial charge in [0.05, 0.1) is 0 Å². The Bertz CT molecular complexity index is 868. The van der Waals surface area contributed by atoms with Crippen molar-refractivity contribution in [1.29, 1.82) is 0 Å². The summed E-state index contributed by atoms with van der Waals surface area (Å²) < 4.78 is 1.91. The van der Waals surface area contributed by atoms with E-state index in [0.717, 1.165) is 10.9 Å². The summed E-state index contributed by atoms with van der Waals surface area (Å²) in [6.45, 7) is 0. The summed E-state index contributed by atoms with van der Waals surface area (Å²) >= 11 is 0. The fraction of sp³-hybridized carbons (Fsp3) is 0.111. The maximum absolute atomic E-state index is 12.6. The van der Waals surface area contributed by atoms with Crippen LogP contribution in [0.4, 0.5) is 0 Å². The van der Waals surface area contributed by atoms with Crippen LogP contribution in [0.3, 0.4) is 0 Å². The van der Waals surface area contributed by atoms with Gasteiger partial charge in [-0.25, -0.2) is 4.79 Å². The molecule has 0 saturated heterocycles. The lowest BCUT2D eigenvalue weighted by Gasteiger charge is -2.15. The van der Waals surface area contributed by atoms with Gasteiger partial charge < -0.3 is 15.0 Å². The molecule has 1 heterocycles. The van der Waals surface area contributed by atoms with Gasteiger partial charge in [0.2, 0.25) is 0 Å². The molecule has 0 fully saturated rings. The molecular weight excluding hydrogens is 292 g/mol. The average Bonchev–Trinajstić information content (AvgIpc) is 2.94. The smallest absolute Gasteiger partial charge is 0.330 e. The minimum atomic E-state index is -1.09. The van der Waals surface area contributed by atoms with E-state index < -0.39 is 17.9 Å². The lowest BCUT2D eigenvalue weighted by Crippen LogP contribution is -2.33. The number of carboxylic acid groups (broad SMARTS) is 1. The molecule has 3 aromatic rings. The minimum absolute atomic E-state index is 0.405. The van der Waals surface area contributed by atoms with Crippen molar-refractivity contribution in [1.82, 2.24) is 9.88 Å². The van der Waals surface area contributed by atoms with Gasteiger partial charge in [-0.05, 0) is 23.8 Å². The van der Waals surface area contributed by atoms with Crippen molar-refractivity contribution in [3.63, 3.8) is 0 Å². The van der Waals surface area contributed by atoms with Crippen LogP contribution in [0.1, 0.15) is 22.0 Å². The molecule has 5 heteroatoms. The summed E-state index contributed by atoms with van der Waals surface area (Å²) in [6, 6.07) is 14.8. The van der Waals surface area contributed by atoms with Gasteiger partial charge in [-0.15, -0.1) is 0 Å². The lowest BCUT2D eigenvalue weighted by atomic mass is 10.1. The number of amides is 1. The van der Waals surface area contributed by atoms with E-state index in [1.165, 1.54) is 0 Å². The SMILES string of the molecule is Cn1ccc2c(C(=O)NC(C(=O)O)c3ccccc3)cccc21. The summed E-state index contributed by atoms with van der Waals surface area (Å²) in [5.41, 5.74) is 1.92. The summed E-state index contributed by atoms with van der Waals surface area (Å²) in [6.07, 6.45) is 1.87. The summed E-state index contributed by atoms with van der Waals surface area (Å²) in [7, 11) is 1.90. The third kappa shape index (κ3) is 2.81. The third-order valence-electron chi connectivity index (χ3n) is 3.83. The Kier molecular flexibility index (Phi) is 3.85. The molecule has 0 aliphatic carbocycles. The van der Waals surface area contributed by atoms with Gasteiger partial charge in [0.1, 0.15) is 0 Å². The van der Waals surface area contributed by atoms with Crippen LogP contribution in [-0.4, -0.2) is 21.6 Å². The van der Waals surface area contributed by atoms with Gasteiger partial charge in [-0.3, -0.25) is 4.79 Å². The van der Waals surface area contributed by atoms with E-state index in [1.807, 2.05) is 29.9 Å². The molecule has 1 unspecified atom stereocenters. The van der Waals surface area contributed by atoms with E-state index in [4.69, 9.17) is 0 Å². The first kappa shape index (κ1) is 14.8. The van der Waals surface area contributed by atoms with Crippen LogP contribution in [-0.2, 0) is 11.8 Å². The summed E-state index contributed by atoms with van der Waals surface area (Å²) in [5.74, 6) is -1.50. The van der Waals surface area contributed by atoms with Crippen LogP contribution >= 0.6 is 0 Å². The van der Waals surface area contributed by atoms with E-state index >= 15 is 0 Å². The molecule has 0 radical (unpaired) electrons. The fourth-order valence-electron chi connectivity index (χ4n) is 2.64. The number of nitrogens with zero attached hydrogens (tertiary/aromatic N) is 1. The number of rotatable bonds is 4. The predicted octanol–water partition coefficient (Wildman–Crippen LogP) is 2.73. The number of benzene rings is 2. The molecular formula is C18H16N2O3. The highest BCUT2D eigenvalue weighted by molar-refractivity contribution is 6.07. The van der Waals surface area contributed by atoms with Gasteiger partial charge in [-0.2, -0.15) is 0 Å². The Hall–Kier alpha value is -3.08. The maximum atomic E-state index is 12.6. The van der Waals surface area contributed by atoms with Crippen molar-refractivity contribution in [2.75, 3.05) is 0 Å². The predicted molar refractivity (Wildman–Crippen MR) is 87.2 cm³/mol. The van der Waals surface area contributed by atoms with Crippen LogP contribution in [0.5, 0.6) is 0 Å². The van der Waals surface area contributed by atoms with Gasteiger partial charge >= 0.3 is 5.97 Å². The molecule has 116 valence electrons. The van der Waals surface area contributed by atoms with E-state index in [-0.39, 0.29) is 0 Å². The molecule has 0 spiro atoms. The van der Waals surface area contributed by atoms with Gasteiger partial charge in [0, 0.05) is 29.7 Å². The quantitative estimate of drug-likeness (QED) is 0.778. The molecule has 0 saturated carbocycles. The first-order chi connectivity index (χ1) is 11.1. The molecule has 0 bridgehead atoms. The number of fused-ring (bicyclic) bond motifs is 1. The molecule has 2 aromatic carbocycles. The minimum Gasteiger partial charge on any atom is -0.479 e. The lowest BCUT2D eigenvalue weighted by molar-refractivity contribution is -0.139. The Balaban J connectivity index is 1.94. The standard InChI is InChI=1S/C18H16N2O3/c1-20-11-10-13-14(8-5-9-15(13)20)17(21)19-16(18(22)23)12-6-3-2-4-7-12/h2-11,16H,1H3,(H,19,21)(H,22,23). The molecule has 3 rings (SSSR count). The molecule has 5 nitrogen and oxygen atoms in total. The zero-order valence-electron chi connectivity index (χ0n) is 12.6. The molecule has 0 aliphatic heterocycles. The molecule has 23 heavy (non-hydrogen) atoms. The molecule has 2 N–H and O–H groups in total. The normalized spacial score (nSPS) is 12.0. The molecule has 1 aromatic heterocycles. The van der Waals surface area contributed by atoms with E-state index in [2.05, 4.69) is 5.32 Å². The van der Waals surface area contributed by atoms with E-state index in [0.29, 0.717) is 11.1 Å². The van der Waals surface area contributed by atoms with Crippen molar-refractivity contribution < 1.29 is 14.7 Å². The Morgan fingerprint density at radius 1 is 1.04 bits per heavy atom. The number of hydrogen-bond donors (Lipinski definition) is 2. The maximum Gasteiger partial charge on any atom is 0.330 e. The van der Waals surface area contributed by atoms with Gasteiger partial charge in [0.25, 0.3) is 5.91 Å². The van der Waals surface area contributed by atoms with Crippen molar-refractivity contribution in [3.05, 3.63) is 71.9 Å². The van der Waals surface area contributed by atoms with Crippen molar-refractivity contribution in [2.24, 2.45) is 7.05 Å². The number of hydrogen-bond acceptors (Lipinski definition) is 2. The zero-order chi connectivity index (χ0) is 16.4. The number of nitrogens with one attached hydrogen (secondary N) is 1. The number of aryl methyl sites for hydroxylation is 1. The first-order valence-electron chi connectivity index (χ1n) is 7.20. The number of aliphatic carboxylic acids is 1. The highest BCUT2D eigenvalue weighted by Gasteiger charge is 2.23. The summed E-state index contributed by atoms with van der Waals surface area (Å²) in [5, 5.41) is 12.8. The second-order valence-corrected chi connectivity index (χ2v) is 5.32. The Morgan fingerprint density at radius 3 is 2.48 bits per heavy atom. The number of aromatic nitrogens is 1. The van der Waals surface area contributed by atoms with Gasteiger partial charge in [0.15, 0.2) is 6.04 Å². The zero-order valence-corrected chi connectivity index (χ0v) is 12.6. The van der Waals surface area contributed by atoms with Crippen LogP contribution in [0.2, 0.25) is 0 Å². The van der Waals surface area contributed by atoms with E-state index in [9.17, 15) is 14.7 Å². The molecule has 0 aliphatic rings. The monoisotopic (exact) mass is 308 g/mol. The van der Waals surface area contributed by atoms with E-state index in [1.54, 1.807) is 42.5 Å². The fourth-order valence-corrected chi connectivity index (χ4v) is 2.64. The van der Waals surface area contributed by atoms with Crippen molar-refractivity contribution in [3.8, 4) is 0 Å². The van der Waals surface area contributed by atoms with Crippen molar-refractivity contribution in [2.45, 2.75) is 6.04 Å². The van der Waals surface area contributed by atoms with Crippen LogP contribution in [0.15, 0.2) is 60.8 Å². The number of carbonyl (C=O) groups excluding carboxylic acids is 1. The highest BCUT2D eigenvalue weighted by Crippen LogP contribution is 2.21. The highest BCUT2D eigenvalue weighted by atomic mass is 16.4. The molecule has 1 atom stereocenters. The van der Waals surface area contributed by atoms with Gasteiger partial charge in [-0.1, -0.05) is 36.4 Å². The molecule has 1 amide bonds. The average molecular weight is 308 g/mol. The topological polar surface area (TPSA) is 71.3 Å². The largest absolute Gasteiger partial charge is 0.479 e. The Morgan fingerprint density at radius 2 is 1.78 bits per heavy atom. The van der Waals surface area contributed by atoms with Crippen LogP contribution < -0.4 is 5.32 Å². The number of carboxylic acids is 1. The first-order valence-corrected chi connectivity index (χ1v) is 7.20. The summed E-state index contributed by atoms with van der Waals surface area (Å²) in [4.78, 5) is 24.1. The second kappa shape index (κ2) is 5.96. The van der Waals surface area contributed by atoms with Crippen molar-refractivity contribution >= 4 is 22.8 Å². The third-order valence-corrected chi connectivity index (χ3v) is 3.83. The van der Waals surface area contributed by atoms with Crippen LogP contribution in [0, 0.1) is 0 Å².